The largest absolute Gasteiger partial charge is 0.341 e. The molecule has 0 saturated carbocycles. The second-order valence-electron chi connectivity index (χ2n) is 7.03. The number of nitrogens with one attached hydrogen (secondary N) is 2. The van der Waals surface area contributed by atoms with Crippen LogP contribution >= 0.6 is 0 Å². The molecule has 28 heavy (non-hydrogen) atoms. The highest BCUT2D eigenvalue weighted by atomic mass is 32.2. The summed E-state index contributed by atoms with van der Waals surface area (Å²) in [6, 6.07) is 7.12. The van der Waals surface area contributed by atoms with Crippen molar-refractivity contribution in [3.63, 3.8) is 0 Å². The summed E-state index contributed by atoms with van der Waals surface area (Å²) in [5.41, 5.74) is 2.38. The summed E-state index contributed by atoms with van der Waals surface area (Å²) < 4.78 is 53.4. The van der Waals surface area contributed by atoms with E-state index in [4.69, 9.17) is 0 Å². The lowest BCUT2D eigenvalue weighted by atomic mass is 10.2. The van der Waals surface area contributed by atoms with E-state index in [0.29, 0.717) is 23.6 Å². The Hall–Kier alpha value is -2.24. The van der Waals surface area contributed by atoms with Gasteiger partial charge in [-0.05, 0) is 32.4 Å². The van der Waals surface area contributed by atoms with Crippen molar-refractivity contribution in [3.05, 3.63) is 41.5 Å². The molecule has 2 N–H and O–H groups in total. The molecule has 1 saturated heterocycles. The van der Waals surface area contributed by atoms with Crippen LogP contribution in [0.1, 0.15) is 29.7 Å². The van der Waals surface area contributed by atoms with Crippen LogP contribution in [0.25, 0.3) is 11.0 Å². The van der Waals surface area contributed by atoms with Gasteiger partial charge in [0, 0.05) is 0 Å². The highest BCUT2D eigenvalue weighted by molar-refractivity contribution is 7.91. The Kier molecular flexibility index (Phi) is 4.55. The normalized spacial score (nSPS) is 19.4. The molecule has 11 heteroatoms. The number of hydrogen-bond acceptors (Lipinski definition) is 6. The van der Waals surface area contributed by atoms with Crippen LogP contribution in [0.5, 0.6) is 0 Å². The molecular weight excluding hydrogens is 402 g/mol. The molecule has 0 radical (unpaired) electrons. The van der Waals surface area contributed by atoms with E-state index in [-0.39, 0.29) is 29.0 Å². The SMILES string of the molecule is Cc1nn([C@H]2CCS(=O)(=O)C2)c(C)c1S(=O)(=O)NCc1nc2ccccc2[nH]1. The summed E-state index contributed by atoms with van der Waals surface area (Å²) in [5, 5.41) is 4.32. The van der Waals surface area contributed by atoms with E-state index in [0.717, 1.165) is 11.0 Å². The first kappa shape index (κ1) is 19.1. The predicted octanol–water partition coefficient (Wildman–Crippen LogP) is 1.21. The van der Waals surface area contributed by atoms with Gasteiger partial charge in [0.25, 0.3) is 0 Å². The summed E-state index contributed by atoms with van der Waals surface area (Å²) in [6.07, 6.45) is 0.441. The Morgan fingerprint density at radius 2 is 2.04 bits per heavy atom. The van der Waals surface area contributed by atoms with Gasteiger partial charge in [-0.15, -0.1) is 0 Å². The number of fused-ring (bicyclic) bond motifs is 1. The van der Waals surface area contributed by atoms with Crippen molar-refractivity contribution in [1.82, 2.24) is 24.5 Å². The maximum absolute atomic E-state index is 12.9. The number of benzene rings is 1. The maximum Gasteiger partial charge on any atom is 0.244 e. The van der Waals surface area contributed by atoms with Crippen LogP contribution in [-0.4, -0.2) is 48.1 Å². The quantitative estimate of drug-likeness (QED) is 0.635. The van der Waals surface area contributed by atoms with E-state index < -0.39 is 19.9 Å². The molecule has 0 amide bonds. The van der Waals surface area contributed by atoms with Gasteiger partial charge < -0.3 is 4.98 Å². The first-order chi connectivity index (χ1) is 13.2. The van der Waals surface area contributed by atoms with Gasteiger partial charge in [-0.25, -0.2) is 26.5 Å². The van der Waals surface area contributed by atoms with Gasteiger partial charge in [0.05, 0.1) is 46.5 Å². The zero-order valence-corrected chi connectivity index (χ0v) is 17.1. The molecule has 1 aliphatic rings. The second kappa shape index (κ2) is 6.68. The van der Waals surface area contributed by atoms with Crippen LogP contribution < -0.4 is 4.72 Å². The number of para-hydroxylation sites is 2. The molecule has 150 valence electrons. The summed E-state index contributed by atoms with van der Waals surface area (Å²) in [5.74, 6) is 0.595. The minimum atomic E-state index is -3.84. The smallest absolute Gasteiger partial charge is 0.244 e. The van der Waals surface area contributed by atoms with E-state index in [2.05, 4.69) is 19.8 Å². The van der Waals surface area contributed by atoms with Crippen molar-refractivity contribution < 1.29 is 16.8 Å². The van der Waals surface area contributed by atoms with Crippen LogP contribution in [0, 0.1) is 13.8 Å². The molecule has 4 rings (SSSR count). The number of hydrogen-bond donors (Lipinski definition) is 2. The molecule has 0 unspecified atom stereocenters. The number of aromatic nitrogens is 4. The topological polar surface area (TPSA) is 127 Å². The van der Waals surface area contributed by atoms with Crippen molar-refractivity contribution in [3.8, 4) is 0 Å². The average Bonchev–Trinajstić information content (AvgIpc) is 3.28. The number of H-pyrrole nitrogens is 1. The van der Waals surface area contributed by atoms with E-state index in [1.807, 2.05) is 24.3 Å². The lowest BCUT2D eigenvalue weighted by molar-refractivity contribution is 0.484. The number of rotatable bonds is 5. The number of nitrogens with zero attached hydrogens (tertiary/aromatic N) is 3. The predicted molar refractivity (Wildman–Crippen MR) is 104 cm³/mol. The molecular formula is C17H21N5O4S2. The number of sulfone groups is 1. The molecule has 1 aromatic carbocycles. The van der Waals surface area contributed by atoms with Gasteiger partial charge in [0.1, 0.15) is 10.7 Å². The molecule has 9 nitrogen and oxygen atoms in total. The minimum absolute atomic E-state index is 0.0128. The summed E-state index contributed by atoms with van der Waals surface area (Å²) in [7, 11) is -6.93. The number of sulfonamides is 1. The fraction of sp³-hybridized carbons (Fsp3) is 0.412. The van der Waals surface area contributed by atoms with E-state index >= 15 is 0 Å². The fourth-order valence-electron chi connectivity index (χ4n) is 3.69. The monoisotopic (exact) mass is 423 g/mol. The third-order valence-corrected chi connectivity index (χ3v) is 8.35. The van der Waals surface area contributed by atoms with Gasteiger partial charge in [0.15, 0.2) is 9.84 Å². The van der Waals surface area contributed by atoms with Crippen LogP contribution in [0.2, 0.25) is 0 Å². The van der Waals surface area contributed by atoms with Gasteiger partial charge in [-0.2, -0.15) is 5.10 Å². The number of aryl methyl sites for hydroxylation is 1. The van der Waals surface area contributed by atoms with Gasteiger partial charge in [0.2, 0.25) is 10.0 Å². The number of imidazole rings is 1. The lowest BCUT2D eigenvalue weighted by Gasteiger charge is -2.11. The van der Waals surface area contributed by atoms with E-state index in [1.54, 1.807) is 13.8 Å². The van der Waals surface area contributed by atoms with Gasteiger partial charge in [-0.3, -0.25) is 4.68 Å². The van der Waals surface area contributed by atoms with Crippen molar-refractivity contribution in [2.45, 2.75) is 37.8 Å². The molecule has 3 heterocycles. The first-order valence-corrected chi connectivity index (χ1v) is 12.2. The zero-order valence-electron chi connectivity index (χ0n) is 15.5. The third-order valence-electron chi connectivity index (χ3n) is 4.95. The van der Waals surface area contributed by atoms with Crippen LogP contribution in [0.4, 0.5) is 0 Å². The van der Waals surface area contributed by atoms with Crippen LogP contribution in [0.15, 0.2) is 29.2 Å². The lowest BCUT2D eigenvalue weighted by Crippen LogP contribution is -2.25. The van der Waals surface area contributed by atoms with Gasteiger partial charge in [-0.1, -0.05) is 12.1 Å². The molecule has 1 aliphatic heterocycles. The van der Waals surface area contributed by atoms with E-state index in [9.17, 15) is 16.8 Å². The molecule has 0 bridgehead atoms. The van der Waals surface area contributed by atoms with Gasteiger partial charge >= 0.3 is 0 Å². The Labute approximate surface area is 163 Å². The Morgan fingerprint density at radius 1 is 1.29 bits per heavy atom. The fourth-order valence-corrected chi connectivity index (χ4v) is 6.76. The highest BCUT2D eigenvalue weighted by Crippen LogP contribution is 2.28. The number of aromatic amines is 1. The van der Waals surface area contributed by atoms with E-state index in [1.165, 1.54) is 4.68 Å². The second-order valence-corrected chi connectivity index (χ2v) is 11.0. The Morgan fingerprint density at radius 3 is 2.71 bits per heavy atom. The standard InChI is InChI=1S/C17H21N5O4S2/c1-11-17(12(2)22(21-11)13-7-8-27(23,24)10-13)28(25,26)18-9-16-19-14-5-3-4-6-15(14)20-16/h3-6,13,18H,7-10H2,1-2H3,(H,19,20)/t13-/m0/s1. The summed E-state index contributed by atoms with van der Waals surface area (Å²) >= 11 is 0. The van der Waals surface area contributed by atoms with Crippen molar-refractivity contribution in [2.75, 3.05) is 11.5 Å². The van der Waals surface area contributed by atoms with Crippen molar-refractivity contribution in [2.24, 2.45) is 0 Å². The molecule has 3 aromatic rings. The Bertz CT molecular complexity index is 1220. The van der Waals surface area contributed by atoms with Crippen molar-refractivity contribution in [1.29, 1.82) is 0 Å². The zero-order chi connectivity index (χ0) is 20.1. The van der Waals surface area contributed by atoms with Crippen LogP contribution in [-0.2, 0) is 26.4 Å². The molecule has 1 atom stereocenters. The molecule has 1 fully saturated rings. The minimum Gasteiger partial charge on any atom is -0.341 e. The maximum atomic E-state index is 12.9. The molecule has 0 spiro atoms. The van der Waals surface area contributed by atoms with Crippen molar-refractivity contribution >= 4 is 30.9 Å². The van der Waals surface area contributed by atoms with Crippen LogP contribution in [0.3, 0.4) is 0 Å². The average molecular weight is 424 g/mol. The summed E-state index contributed by atoms with van der Waals surface area (Å²) in [6.45, 7) is 3.28. The molecule has 2 aromatic heterocycles. The molecule has 0 aliphatic carbocycles. The summed E-state index contributed by atoms with van der Waals surface area (Å²) in [4.78, 5) is 7.54. The first-order valence-electron chi connectivity index (χ1n) is 8.86. The third kappa shape index (κ3) is 3.45. The Balaban J connectivity index is 1.59. The highest BCUT2D eigenvalue weighted by Gasteiger charge is 2.33.